The van der Waals surface area contributed by atoms with E-state index in [1.54, 1.807) is 6.92 Å². The van der Waals surface area contributed by atoms with Gasteiger partial charge in [0.15, 0.2) is 0 Å². The van der Waals surface area contributed by atoms with Crippen LogP contribution in [0.5, 0.6) is 0 Å². The number of nitrogens with zero attached hydrogens (tertiary/aromatic N) is 1. The zero-order chi connectivity index (χ0) is 10.9. The topological polar surface area (TPSA) is 64.9 Å². The molecule has 1 heterocycles. The van der Waals surface area contributed by atoms with Gasteiger partial charge in [-0.15, -0.1) is 24.8 Å². The van der Waals surface area contributed by atoms with Gasteiger partial charge in [-0.05, 0) is 19.1 Å². The van der Waals surface area contributed by atoms with Gasteiger partial charge in [-0.25, -0.2) is 4.98 Å². The lowest BCUT2D eigenvalue weighted by Crippen LogP contribution is -2.13. The summed E-state index contributed by atoms with van der Waals surface area (Å²) in [6.07, 6.45) is -4.42. The molecule has 94 valence electrons. The minimum absolute atomic E-state index is 0. The molecule has 1 atom stereocenters. The third-order valence-corrected chi connectivity index (χ3v) is 1.66. The standard InChI is InChI=1S/C8H10F3N3.2ClH/c1-4(12)6-2-5(8(9,10)11)3-7(13)14-6;;/h2-4H,12H2,1H3,(H2,13,14);2*1H/t4-;;/m1../s1. The number of hydrogen-bond donors (Lipinski definition) is 2. The highest BCUT2D eigenvalue weighted by atomic mass is 35.5. The number of rotatable bonds is 1. The lowest BCUT2D eigenvalue weighted by molar-refractivity contribution is -0.137. The Balaban J connectivity index is 0. The molecule has 0 aliphatic carbocycles. The molecule has 0 bridgehead atoms. The molecule has 4 N–H and O–H groups in total. The Morgan fingerprint density at radius 2 is 1.75 bits per heavy atom. The molecule has 0 aliphatic rings. The summed E-state index contributed by atoms with van der Waals surface area (Å²) in [4.78, 5) is 3.70. The molecular formula is C8H12Cl2F3N3. The third-order valence-electron chi connectivity index (χ3n) is 1.66. The van der Waals surface area contributed by atoms with E-state index in [-0.39, 0.29) is 36.3 Å². The van der Waals surface area contributed by atoms with Gasteiger partial charge in [0.1, 0.15) is 5.82 Å². The minimum Gasteiger partial charge on any atom is -0.384 e. The SMILES string of the molecule is C[C@@H](N)c1cc(C(F)(F)F)cc(N)n1.Cl.Cl. The van der Waals surface area contributed by atoms with E-state index in [0.717, 1.165) is 12.1 Å². The van der Waals surface area contributed by atoms with Crippen LogP contribution in [0.2, 0.25) is 0 Å². The second-order valence-corrected chi connectivity index (χ2v) is 2.99. The number of nitrogens with two attached hydrogens (primary N) is 2. The highest BCUT2D eigenvalue weighted by Crippen LogP contribution is 2.31. The largest absolute Gasteiger partial charge is 0.416 e. The van der Waals surface area contributed by atoms with Crippen LogP contribution >= 0.6 is 24.8 Å². The molecule has 0 saturated heterocycles. The smallest absolute Gasteiger partial charge is 0.384 e. The van der Waals surface area contributed by atoms with E-state index in [1.807, 2.05) is 0 Å². The van der Waals surface area contributed by atoms with Crippen molar-refractivity contribution in [2.75, 3.05) is 5.73 Å². The van der Waals surface area contributed by atoms with Crippen molar-refractivity contribution in [2.45, 2.75) is 19.1 Å². The third kappa shape index (κ3) is 4.42. The zero-order valence-corrected chi connectivity index (χ0v) is 9.92. The molecule has 1 aromatic heterocycles. The van der Waals surface area contributed by atoms with E-state index in [1.165, 1.54) is 0 Å². The number of halogens is 5. The Hall–Kier alpha value is -0.720. The van der Waals surface area contributed by atoms with Gasteiger partial charge in [-0.3, -0.25) is 0 Å². The minimum atomic E-state index is -4.42. The monoisotopic (exact) mass is 277 g/mol. The maximum absolute atomic E-state index is 12.3. The lowest BCUT2D eigenvalue weighted by Gasteiger charge is -2.11. The summed E-state index contributed by atoms with van der Waals surface area (Å²) in [6, 6.07) is 1.12. The van der Waals surface area contributed by atoms with Crippen LogP contribution in [0.4, 0.5) is 19.0 Å². The van der Waals surface area contributed by atoms with Gasteiger partial charge < -0.3 is 11.5 Å². The summed E-state index contributed by atoms with van der Waals surface area (Å²) in [5, 5.41) is 0. The molecule has 0 radical (unpaired) electrons. The molecule has 16 heavy (non-hydrogen) atoms. The van der Waals surface area contributed by atoms with Crippen molar-refractivity contribution in [3.63, 3.8) is 0 Å². The van der Waals surface area contributed by atoms with Gasteiger partial charge in [0, 0.05) is 6.04 Å². The molecule has 0 saturated carbocycles. The van der Waals surface area contributed by atoms with Crippen molar-refractivity contribution in [3.05, 3.63) is 23.4 Å². The van der Waals surface area contributed by atoms with Crippen molar-refractivity contribution < 1.29 is 13.2 Å². The highest BCUT2D eigenvalue weighted by Gasteiger charge is 2.31. The molecule has 0 aliphatic heterocycles. The van der Waals surface area contributed by atoms with Gasteiger partial charge in [0.25, 0.3) is 0 Å². The molecule has 1 aromatic rings. The van der Waals surface area contributed by atoms with E-state index in [4.69, 9.17) is 11.5 Å². The fourth-order valence-electron chi connectivity index (χ4n) is 0.971. The zero-order valence-electron chi connectivity index (χ0n) is 8.28. The number of anilines is 1. The predicted octanol–water partition coefficient (Wildman–Crippen LogP) is 2.55. The van der Waals surface area contributed by atoms with Gasteiger partial charge in [-0.2, -0.15) is 13.2 Å². The fraction of sp³-hybridized carbons (Fsp3) is 0.375. The number of alkyl halides is 3. The van der Waals surface area contributed by atoms with Crippen LogP contribution in [0, 0.1) is 0 Å². The molecule has 8 heteroatoms. The van der Waals surface area contributed by atoms with Crippen molar-refractivity contribution >= 4 is 30.6 Å². The predicted molar refractivity (Wildman–Crippen MR) is 60.7 cm³/mol. The van der Waals surface area contributed by atoms with E-state index in [9.17, 15) is 13.2 Å². The first-order valence-corrected chi connectivity index (χ1v) is 3.91. The second kappa shape index (κ2) is 6.12. The Morgan fingerprint density at radius 3 is 2.12 bits per heavy atom. The Kier molecular flexibility index (Phi) is 6.76. The molecular weight excluding hydrogens is 266 g/mol. The van der Waals surface area contributed by atoms with Crippen molar-refractivity contribution in [1.82, 2.24) is 4.98 Å². The molecule has 3 nitrogen and oxygen atoms in total. The van der Waals surface area contributed by atoms with Crippen LogP contribution in [0.3, 0.4) is 0 Å². The van der Waals surface area contributed by atoms with E-state index in [0.29, 0.717) is 0 Å². The summed E-state index contributed by atoms with van der Waals surface area (Å²) in [5.74, 6) is -0.174. The normalized spacial score (nSPS) is 12.3. The van der Waals surface area contributed by atoms with Crippen LogP contribution < -0.4 is 11.5 Å². The molecule has 0 spiro atoms. The average Bonchev–Trinajstić information content (AvgIpc) is 2.01. The van der Waals surface area contributed by atoms with Crippen LogP contribution in [-0.4, -0.2) is 4.98 Å². The summed E-state index contributed by atoms with van der Waals surface area (Å²) < 4.78 is 36.9. The maximum atomic E-state index is 12.3. The molecule has 0 amide bonds. The van der Waals surface area contributed by atoms with Gasteiger partial charge in [0.05, 0.1) is 11.3 Å². The number of nitrogen functional groups attached to an aromatic ring is 1. The number of pyridine rings is 1. The van der Waals surface area contributed by atoms with Crippen LogP contribution in [0.15, 0.2) is 12.1 Å². The lowest BCUT2D eigenvalue weighted by atomic mass is 10.1. The molecule has 1 rings (SSSR count). The molecule has 0 fully saturated rings. The summed E-state index contributed by atoms with van der Waals surface area (Å²) in [6.45, 7) is 1.54. The van der Waals surface area contributed by atoms with Crippen molar-refractivity contribution in [2.24, 2.45) is 5.73 Å². The quantitative estimate of drug-likeness (QED) is 0.829. The van der Waals surface area contributed by atoms with Gasteiger partial charge in [0.2, 0.25) is 0 Å². The maximum Gasteiger partial charge on any atom is 0.416 e. The first kappa shape index (κ1) is 17.7. The Bertz CT molecular complexity index is 342. The first-order chi connectivity index (χ1) is 6.30. The Labute approximate surface area is 103 Å². The van der Waals surface area contributed by atoms with E-state index < -0.39 is 17.8 Å². The molecule has 0 unspecified atom stereocenters. The summed E-state index contributed by atoms with van der Waals surface area (Å²) in [5.41, 5.74) is 9.95. The van der Waals surface area contributed by atoms with Crippen LogP contribution in [-0.2, 0) is 6.18 Å². The molecule has 0 aromatic carbocycles. The summed E-state index contributed by atoms with van der Waals surface area (Å²) in [7, 11) is 0. The second-order valence-electron chi connectivity index (χ2n) is 2.99. The van der Waals surface area contributed by atoms with Crippen molar-refractivity contribution in [3.8, 4) is 0 Å². The number of aromatic nitrogens is 1. The average molecular weight is 278 g/mol. The summed E-state index contributed by atoms with van der Waals surface area (Å²) >= 11 is 0. The first-order valence-electron chi connectivity index (χ1n) is 3.91. The van der Waals surface area contributed by atoms with Crippen molar-refractivity contribution in [1.29, 1.82) is 0 Å². The van der Waals surface area contributed by atoms with E-state index >= 15 is 0 Å². The highest BCUT2D eigenvalue weighted by molar-refractivity contribution is 5.85. The van der Waals surface area contributed by atoms with Gasteiger partial charge >= 0.3 is 6.18 Å². The van der Waals surface area contributed by atoms with E-state index in [2.05, 4.69) is 4.98 Å². The Morgan fingerprint density at radius 1 is 1.25 bits per heavy atom. The number of hydrogen-bond acceptors (Lipinski definition) is 3. The van der Waals surface area contributed by atoms with Crippen LogP contribution in [0.1, 0.15) is 24.2 Å². The fourth-order valence-corrected chi connectivity index (χ4v) is 0.971. The van der Waals surface area contributed by atoms with Gasteiger partial charge in [-0.1, -0.05) is 0 Å². The van der Waals surface area contributed by atoms with Crippen LogP contribution in [0.25, 0.3) is 0 Å².